The van der Waals surface area contributed by atoms with Gasteiger partial charge in [-0.1, -0.05) is 30.3 Å². The van der Waals surface area contributed by atoms with E-state index in [1.54, 1.807) is 0 Å². The lowest BCUT2D eigenvalue weighted by molar-refractivity contribution is 0.464. The van der Waals surface area contributed by atoms with Crippen LogP contribution in [0.2, 0.25) is 0 Å². The molecule has 3 aromatic rings. The number of halogens is 1. The van der Waals surface area contributed by atoms with Gasteiger partial charge in [0.2, 0.25) is 0 Å². The molecule has 3 rings (SSSR count). The second-order valence-corrected chi connectivity index (χ2v) is 6.83. The molecule has 0 bridgehead atoms. The van der Waals surface area contributed by atoms with E-state index in [4.69, 9.17) is 4.99 Å². The summed E-state index contributed by atoms with van der Waals surface area (Å²) < 4.78 is 0. The van der Waals surface area contributed by atoms with Crippen molar-refractivity contribution in [2.45, 2.75) is 33.2 Å². The molecule has 0 aliphatic rings. The zero-order chi connectivity index (χ0) is 19.8. The molecule has 1 aromatic carbocycles. The quantitative estimate of drug-likeness (QED) is 0.188. The predicted octanol–water partition coefficient (Wildman–Crippen LogP) is 3.76. The van der Waals surface area contributed by atoms with Crippen LogP contribution in [-0.4, -0.2) is 51.2 Å². The molecule has 0 unspecified atom stereocenters. The topological polar surface area (TPSA) is 85.0 Å². The average Bonchev–Trinajstić information content (AvgIpc) is 3.34. The number of aliphatic imine (C=N–C) groups is 1. The molecule has 0 aliphatic carbocycles. The molecule has 3 N–H and O–H groups in total. The summed E-state index contributed by atoms with van der Waals surface area (Å²) in [6, 6.07) is 10.2. The highest BCUT2D eigenvalue weighted by Crippen LogP contribution is 2.16. The SMILES string of the molecule is CCNC(=NCCCc1cn[nH]c1C)N(C)Cc1ncc(-c2ccccc2)[nH]1.I. The molecule has 2 heterocycles. The van der Waals surface area contributed by atoms with Gasteiger partial charge >= 0.3 is 0 Å². The lowest BCUT2D eigenvalue weighted by atomic mass is 10.1. The third-order valence-electron chi connectivity index (χ3n) is 4.60. The number of benzene rings is 1. The molecule has 0 fully saturated rings. The van der Waals surface area contributed by atoms with Crippen molar-refractivity contribution in [3.05, 3.63) is 59.8 Å². The standard InChI is InChI=1S/C21H29N7.HI/c1-4-22-21(23-12-8-11-18-13-25-27-16(18)2)28(3)15-20-24-14-19(26-20)17-9-6-5-7-10-17;/h5-7,9-10,13-14H,4,8,11-12,15H2,1-3H3,(H,22,23)(H,24,26)(H,25,27);1H. The van der Waals surface area contributed by atoms with Gasteiger partial charge in [0, 0.05) is 25.8 Å². The second kappa shape index (κ2) is 11.6. The lowest BCUT2D eigenvalue weighted by Gasteiger charge is -2.21. The highest BCUT2D eigenvalue weighted by atomic mass is 127. The van der Waals surface area contributed by atoms with E-state index in [0.717, 1.165) is 54.7 Å². The largest absolute Gasteiger partial charge is 0.357 e. The Morgan fingerprint density at radius 1 is 1.21 bits per heavy atom. The number of hydrogen-bond donors (Lipinski definition) is 3. The van der Waals surface area contributed by atoms with Crippen molar-refractivity contribution >= 4 is 29.9 Å². The molecule has 0 radical (unpaired) electrons. The average molecular weight is 507 g/mol. The molecule has 8 heteroatoms. The normalized spacial score (nSPS) is 11.2. The molecule has 29 heavy (non-hydrogen) atoms. The van der Waals surface area contributed by atoms with E-state index in [2.05, 4.69) is 56.4 Å². The van der Waals surface area contributed by atoms with Crippen LogP contribution in [0.1, 0.15) is 30.4 Å². The zero-order valence-electron chi connectivity index (χ0n) is 17.3. The minimum absolute atomic E-state index is 0. The molecule has 2 aromatic heterocycles. The van der Waals surface area contributed by atoms with E-state index in [1.165, 1.54) is 5.56 Å². The first-order valence-corrected chi connectivity index (χ1v) is 9.75. The number of H-pyrrole nitrogens is 2. The third-order valence-corrected chi connectivity index (χ3v) is 4.60. The van der Waals surface area contributed by atoms with Crippen molar-refractivity contribution in [1.82, 2.24) is 30.4 Å². The number of imidazole rings is 1. The third kappa shape index (κ3) is 6.59. The van der Waals surface area contributed by atoms with Crippen molar-refractivity contribution < 1.29 is 0 Å². The van der Waals surface area contributed by atoms with Gasteiger partial charge in [0.05, 0.1) is 24.6 Å². The van der Waals surface area contributed by atoms with E-state index in [-0.39, 0.29) is 24.0 Å². The van der Waals surface area contributed by atoms with Gasteiger partial charge in [-0.05, 0) is 37.8 Å². The van der Waals surface area contributed by atoms with E-state index in [9.17, 15) is 0 Å². The first-order valence-electron chi connectivity index (χ1n) is 9.75. The molecule has 0 spiro atoms. The number of nitrogens with zero attached hydrogens (tertiary/aromatic N) is 4. The maximum atomic E-state index is 4.76. The summed E-state index contributed by atoms with van der Waals surface area (Å²) >= 11 is 0. The maximum Gasteiger partial charge on any atom is 0.194 e. The molecule has 0 saturated carbocycles. The summed E-state index contributed by atoms with van der Waals surface area (Å²) in [5, 5.41) is 10.4. The van der Waals surface area contributed by atoms with E-state index in [0.29, 0.717) is 6.54 Å². The van der Waals surface area contributed by atoms with Crippen LogP contribution in [0.15, 0.2) is 47.7 Å². The van der Waals surface area contributed by atoms with Gasteiger partial charge in [-0.15, -0.1) is 24.0 Å². The van der Waals surface area contributed by atoms with Crippen LogP contribution in [0, 0.1) is 6.92 Å². The van der Waals surface area contributed by atoms with Gasteiger partial charge in [0.25, 0.3) is 0 Å². The van der Waals surface area contributed by atoms with Crippen LogP contribution >= 0.6 is 24.0 Å². The molecule has 7 nitrogen and oxygen atoms in total. The summed E-state index contributed by atoms with van der Waals surface area (Å²) in [6.07, 6.45) is 5.75. The Labute approximate surface area is 189 Å². The fourth-order valence-electron chi connectivity index (χ4n) is 3.06. The first-order chi connectivity index (χ1) is 13.7. The van der Waals surface area contributed by atoms with Crippen LogP contribution < -0.4 is 5.32 Å². The summed E-state index contributed by atoms with van der Waals surface area (Å²) in [7, 11) is 2.03. The van der Waals surface area contributed by atoms with Gasteiger partial charge in [-0.25, -0.2) is 4.98 Å². The van der Waals surface area contributed by atoms with Crippen LogP contribution in [-0.2, 0) is 13.0 Å². The summed E-state index contributed by atoms with van der Waals surface area (Å²) in [4.78, 5) is 14.8. The number of rotatable bonds is 8. The number of aromatic nitrogens is 4. The molecule has 156 valence electrons. The number of guanidine groups is 1. The van der Waals surface area contributed by atoms with Crippen LogP contribution in [0.5, 0.6) is 0 Å². The second-order valence-electron chi connectivity index (χ2n) is 6.83. The minimum atomic E-state index is 0. The first kappa shape index (κ1) is 22.9. The maximum absolute atomic E-state index is 4.76. The molecule has 0 aliphatic heterocycles. The molecule has 0 amide bonds. The fraction of sp³-hybridized carbons (Fsp3) is 0.381. The molecular weight excluding hydrogens is 477 g/mol. The molecule has 0 atom stereocenters. The van der Waals surface area contributed by atoms with Gasteiger partial charge in [-0.3, -0.25) is 10.1 Å². The molecular formula is C21H30IN7. The van der Waals surface area contributed by atoms with Crippen molar-refractivity contribution in [1.29, 1.82) is 0 Å². The Balaban J connectivity index is 0.00000300. The number of aromatic amines is 2. The van der Waals surface area contributed by atoms with E-state index >= 15 is 0 Å². The van der Waals surface area contributed by atoms with Gasteiger partial charge in [0.1, 0.15) is 5.82 Å². The Morgan fingerprint density at radius 2 is 2.00 bits per heavy atom. The van der Waals surface area contributed by atoms with Crippen LogP contribution in [0.3, 0.4) is 0 Å². The highest BCUT2D eigenvalue weighted by Gasteiger charge is 2.10. The number of aryl methyl sites for hydroxylation is 2. The van der Waals surface area contributed by atoms with Crippen molar-refractivity contribution in [3.8, 4) is 11.3 Å². The van der Waals surface area contributed by atoms with Crippen LogP contribution in [0.4, 0.5) is 0 Å². The van der Waals surface area contributed by atoms with Gasteiger partial charge < -0.3 is 15.2 Å². The summed E-state index contributed by atoms with van der Waals surface area (Å²) in [5.74, 6) is 1.81. The summed E-state index contributed by atoms with van der Waals surface area (Å²) in [5.41, 5.74) is 4.57. The fourth-order valence-corrected chi connectivity index (χ4v) is 3.06. The monoisotopic (exact) mass is 507 g/mol. The number of hydrogen-bond acceptors (Lipinski definition) is 3. The van der Waals surface area contributed by atoms with Gasteiger partial charge in [0.15, 0.2) is 5.96 Å². The zero-order valence-corrected chi connectivity index (χ0v) is 19.6. The van der Waals surface area contributed by atoms with Crippen molar-refractivity contribution in [3.63, 3.8) is 0 Å². The van der Waals surface area contributed by atoms with E-state index in [1.807, 2.05) is 37.6 Å². The summed E-state index contributed by atoms with van der Waals surface area (Å²) in [6.45, 7) is 6.40. The highest BCUT2D eigenvalue weighted by molar-refractivity contribution is 14.0. The van der Waals surface area contributed by atoms with Crippen LogP contribution in [0.25, 0.3) is 11.3 Å². The van der Waals surface area contributed by atoms with Gasteiger partial charge in [-0.2, -0.15) is 5.10 Å². The minimum Gasteiger partial charge on any atom is -0.357 e. The Kier molecular flexibility index (Phi) is 9.17. The lowest BCUT2D eigenvalue weighted by Crippen LogP contribution is -2.38. The van der Waals surface area contributed by atoms with Crippen molar-refractivity contribution in [2.24, 2.45) is 4.99 Å². The van der Waals surface area contributed by atoms with Crippen molar-refractivity contribution in [2.75, 3.05) is 20.1 Å². The Hall–Kier alpha value is -2.36. The molecule has 0 saturated heterocycles. The predicted molar refractivity (Wildman–Crippen MR) is 129 cm³/mol. The Morgan fingerprint density at radius 3 is 2.69 bits per heavy atom. The smallest absolute Gasteiger partial charge is 0.194 e. The Bertz CT molecular complexity index is 885. The van der Waals surface area contributed by atoms with E-state index < -0.39 is 0 Å². The number of nitrogens with one attached hydrogen (secondary N) is 3.